The van der Waals surface area contributed by atoms with Crippen LogP contribution in [0.5, 0.6) is 0 Å². The number of hydrogen-bond donors (Lipinski definition) is 2. The maximum Gasteiger partial charge on any atom is 0.492 e. The van der Waals surface area contributed by atoms with Crippen molar-refractivity contribution in [1.82, 2.24) is 5.32 Å². The van der Waals surface area contributed by atoms with Gasteiger partial charge in [-0.3, -0.25) is 0 Å². The summed E-state index contributed by atoms with van der Waals surface area (Å²) in [5.74, 6) is -0.0138. The summed E-state index contributed by atoms with van der Waals surface area (Å²) in [6.45, 7) is 8.34. The monoisotopic (exact) mass is 530 g/mol. The molecule has 0 aromatic heterocycles. The highest BCUT2D eigenvalue weighted by Crippen LogP contribution is 2.44. The van der Waals surface area contributed by atoms with Crippen molar-refractivity contribution in [3.63, 3.8) is 0 Å². The third-order valence-electron chi connectivity index (χ3n) is 7.73. The molecule has 3 aromatic rings. The van der Waals surface area contributed by atoms with E-state index in [1.165, 1.54) is 11.1 Å². The van der Waals surface area contributed by atoms with Gasteiger partial charge in [-0.1, -0.05) is 72.3 Å². The number of ether oxygens (including phenoxy) is 1. The average Bonchev–Trinajstić information content (AvgIpc) is 3.30. The van der Waals surface area contributed by atoms with Crippen LogP contribution in [0.2, 0.25) is 5.02 Å². The van der Waals surface area contributed by atoms with Crippen molar-refractivity contribution < 1.29 is 18.8 Å². The molecule has 1 saturated heterocycles. The Labute approximate surface area is 229 Å². The number of hydrogen-bond acceptors (Lipinski definition) is 5. The molecule has 38 heavy (non-hydrogen) atoms. The topological polar surface area (TPSA) is 82.8 Å². The predicted molar refractivity (Wildman–Crippen MR) is 153 cm³/mol. The van der Waals surface area contributed by atoms with Crippen LogP contribution in [0.15, 0.2) is 72.2 Å². The van der Waals surface area contributed by atoms with Gasteiger partial charge in [0.2, 0.25) is 0 Å². The van der Waals surface area contributed by atoms with E-state index in [4.69, 9.17) is 31.4 Å². The normalized spacial score (nSPS) is 17.7. The molecule has 6 nitrogen and oxygen atoms in total. The molecule has 0 saturated carbocycles. The van der Waals surface area contributed by atoms with Crippen molar-refractivity contribution in [2.75, 3.05) is 18.9 Å². The first kappa shape index (κ1) is 26.4. The van der Waals surface area contributed by atoms with Crippen molar-refractivity contribution in [3.05, 3.63) is 93.9 Å². The Morgan fingerprint density at radius 1 is 1.00 bits per heavy atom. The molecule has 1 aliphatic carbocycles. The molecule has 196 valence electrons. The number of alkyl carbamates (subject to hydrolysis) is 1. The van der Waals surface area contributed by atoms with E-state index in [-0.39, 0.29) is 19.1 Å². The number of amides is 1. The van der Waals surface area contributed by atoms with Gasteiger partial charge in [-0.15, -0.1) is 0 Å². The zero-order valence-corrected chi connectivity index (χ0v) is 22.8. The van der Waals surface area contributed by atoms with Crippen LogP contribution in [0.3, 0.4) is 0 Å². The second kappa shape index (κ2) is 10.1. The minimum Gasteiger partial charge on any atom is -0.449 e. The fourth-order valence-corrected chi connectivity index (χ4v) is 5.08. The molecular weight excluding hydrogens is 499 g/mol. The molecule has 8 heteroatoms. The van der Waals surface area contributed by atoms with E-state index in [1.54, 1.807) is 12.1 Å². The standard InChI is InChI=1S/C30H32BClN2O4/c1-29(2)30(3,4)38-31(37-29)20(15-19-13-14-21(32)16-27(19)33)17-34-28(35)36-18-26-24-11-7-5-9-22(24)23-10-6-8-12-25(23)26/h5-16,26H,17-18,33H2,1-4H3,(H,34,35). The van der Waals surface area contributed by atoms with Gasteiger partial charge in [0.05, 0.1) is 11.2 Å². The first-order valence-electron chi connectivity index (χ1n) is 12.8. The third-order valence-corrected chi connectivity index (χ3v) is 7.96. The van der Waals surface area contributed by atoms with Crippen LogP contribution >= 0.6 is 11.6 Å². The van der Waals surface area contributed by atoms with Crippen LogP contribution in [0.1, 0.15) is 50.3 Å². The van der Waals surface area contributed by atoms with Crippen LogP contribution in [-0.4, -0.2) is 37.6 Å². The molecule has 0 bridgehead atoms. The molecule has 3 N–H and O–H groups in total. The number of halogens is 1. The molecule has 1 fully saturated rings. The van der Waals surface area contributed by atoms with Crippen molar-refractivity contribution in [3.8, 4) is 11.1 Å². The average molecular weight is 531 g/mol. The Kier molecular flexibility index (Phi) is 7.03. The minimum atomic E-state index is -0.663. The molecule has 0 radical (unpaired) electrons. The number of carbonyl (C=O) groups excluding carboxylic acids is 1. The van der Waals surface area contributed by atoms with Crippen LogP contribution in [0.4, 0.5) is 10.5 Å². The van der Waals surface area contributed by atoms with Crippen molar-refractivity contribution in [2.45, 2.75) is 44.8 Å². The maximum atomic E-state index is 12.9. The summed E-state index contributed by atoms with van der Waals surface area (Å²) in [6.07, 6.45) is 1.36. The lowest BCUT2D eigenvalue weighted by Gasteiger charge is -2.32. The summed E-state index contributed by atoms with van der Waals surface area (Å²) >= 11 is 6.09. The van der Waals surface area contributed by atoms with Crippen LogP contribution in [0, 0.1) is 0 Å². The van der Waals surface area contributed by atoms with Crippen LogP contribution in [-0.2, 0) is 14.0 Å². The SMILES string of the molecule is CC1(C)OB(C(=Cc2ccc(Cl)cc2N)CNC(=O)OCC2c3ccccc3-c3ccccc32)OC1(C)C. The molecule has 2 aliphatic rings. The van der Waals surface area contributed by atoms with E-state index < -0.39 is 24.4 Å². The molecule has 0 spiro atoms. The van der Waals surface area contributed by atoms with Crippen LogP contribution in [0.25, 0.3) is 17.2 Å². The Morgan fingerprint density at radius 2 is 1.58 bits per heavy atom. The van der Waals surface area contributed by atoms with E-state index in [1.807, 2.05) is 64.1 Å². The first-order valence-corrected chi connectivity index (χ1v) is 13.1. The van der Waals surface area contributed by atoms with E-state index in [2.05, 4.69) is 29.6 Å². The fraction of sp³-hybridized carbons (Fsp3) is 0.300. The van der Waals surface area contributed by atoms with Gasteiger partial charge in [0.1, 0.15) is 6.61 Å². The smallest absolute Gasteiger partial charge is 0.449 e. The largest absolute Gasteiger partial charge is 0.492 e. The number of fused-ring (bicyclic) bond motifs is 3. The zero-order valence-electron chi connectivity index (χ0n) is 22.1. The lowest BCUT2D eigenvalue weighted by molar-refractivity contribution is 0.00578. The van der Waals surface area contributed by atoms with Crippen molar-refractivity contribution in [1.29, 1.82) is 0 Å². The van der Waals surface area contributed by atoms with Crippen molar-refractivity contribution >= 4 is 36.6 Å². The second-order valence-corrected chi connectivity index (χ2v) is 11.2. The fourth-order valence-electron chi connectivity index (χ4n) is 4.90. The van der Waals surface area contributed by atoms with E-state index in [0.29, 0.717) is 16.2 Å². The minimum absolute atomic E-state index is 0.0138. The highest BCUT2D eigenvalue weighted by atomic mass is 35.5. The summed E-state index contributed by atoms with van der Waals surface area (Å²) < 4.78 is 18.3. The zero-order chi connectivity index (χ0) is 27.1. The van der Waals surface area contributed by atoms with Gasteiger partial charge in [0, 0.05) is 23.2 Å². The number of benzene rings is 3. The van der Waals surface area contributed by atoms with Gasteiger partial charge in [0.25, 0.3) is 0 Å². The number of anilines is 1. The Morgan fingerprint density at radius 3 is 2.16 bits per heavy atom. The molecule has 0 atom stereocenters. The number of rotatable bonds is 6. The van der Waals surface area contributed by atoms with E-state index >= 15 is 0 Å². The number of nitrogen functional groups attached to an aromatic ring is 1. The molecule has 5 rings (SSSR count). The van der Waals surface area contributed by atoms with Gasteiger partial charge in [0.15, 0.2) is 0 Å². The molecule has 1 heterocycles. The Balaban J connectivity index is 1.31. The summed E-state index contributed by atoms with van der Waals surface area (Å²) in [7, 11) is -0.663. The highest BCUT2D eigenvalue weighted by Gasteiger charge is 2.52. The lowest BCUT2D eigenvalue weighted by atomic mass is 9.77. The molecule has 1 aliphatic heterocycles. The van der Waals surface area contributed by atoms with E-state index in [0.717, 1.165) is 16.7 Å². The number of nitrogens with two attached hydrogens (primary N) is 1. The van der Waals surface area contributed by atoms with Crippen molar-refractivity contribution in [2.24, 2.45) is 0 Å². The molecule has 3 aromatic carbocycles. The lowest BCUT2D eigenvalue weighted by Crippen LogP contribution is -2.41. The molecular formula is C30H32BClN2O4. The summed E-state index contributed by atoms with van der Waals surface area (Å²) in [4.78, 5) is 12.9. The summed E-state index contributed by atoms with van der Waals surface area (Å²) in [6, 6.07) is 21.8. The van der Waals surface area contributed by atoms with Gasteiger partial charge < -0.3 is 25.1 Å². The maximum absolute atomic E-state index is 12.9. The van der Waals surface area contributed by atoms with Gasteiger partial charge in [-0.2, -0.15) is 0 Å². The van der Waals surface area contributed by atoms with Gasteiger partial charge in [-0.05, 0) is 73.1 Å². The van der Waals surface area contributed by atoms with Gasteiger partial charge >= 0.3 is 13.2 Å². The Hall–Kier alpha value is -3.26. The number of nitrogens with one attached hydrogen (secondary N) is 1. The highest BCUT2D eigenvalue weighted by molar-refractivity contribution is 6.56. The molecule has 0 unspecified atom stereocenters. The summed E-state index contributed by atoms with van der Waals surface area (Å²) in [5.41, 5.74) is 11.8. The second-order valence-electron chi connectivity index (χ2n) is 10.8. The van der Waals surface area contributed by atoms with Crippen LogP contribution < -0.4 is 11.1 Å². The summed E-state index contributed by atoms with van der Waals surface area (Å²) in [5, 5.41) is 3.43. The molecule has 1 amide bonds. The van der Waals surface area contributed by atoms with Gasteiger partial charge in [-0.25, -0.2) is 4.79 Å². The predicted octanol–water partition coefficient (Wildman–Crippen LogP) is 6.48. The number of carbonyl (C=O) groups is 1. The van der Waals surface area contributed by atoms with E-state index in [9.17, 15) is 4.79 Å². The Bertz CT molecular complexity index is 1340. The quantitative estimate of drug-likeness (QED) is 0.282. The first-order chi connectivity index (χ1) is 18.1. The third kappa shape index (κ3) is 5.06.